The molecule has 0 saturated carbocycles. The zero-order valence-corrected chi connectivity index (χ0v) is 11.5. The maximum atomic E-state index is 13.3. The molecule has 1 unspecified atom stereocenters. The van der Waals surface area contributed by atoms with Crippen molar-refractivity contribution in [2.24, 2.45) is 5.41 Å². The first-order valence-corrected chi connectivity index (χ1v) is 6.64. The Morgan fingerprint density at radius 1 is 1.55 bits per heavy atom. The van der Waals surface area contributed by atoms with Gasteiger partial charge in [-0.25, -0.2) is 0 Å². The van der Waals surface area contributed by atoms with Gasteiger partial charge in [-0.15, -0.1) is 0 Å². The number of alkyl halides is 3. The summed E-state index contributed by atoms with van der Waals surface area (Å²) in [6.45, 7) is 4.04. The lowest BCUT2D eigenvalue weighted by molar-refractivity contribution is -0.214. The van der Waals surface area contributed by atoms with E-state index in [1.54, 1.807) is 17.7 Å². The number of halogens is 3. The predicted octanol–water partition coefficient (Wildman–Crippen LogP) is 1.87. The van der Waals surface area contributed by atoms with Gasteiger partial charge >= 0.3 is 6.18 Å². The second-order valence-electron chi connectivity index (χ2n) is 5.20. The molecule has 2 rings (SSSR count). The van der Waals surface area contributed by atoms with Crippen LogP contribution in [-0.2, 0) is 17.8 Å². The van der Waals surface area contributed by atoms with Crippen LogP contribution in [0, 0.1) is 12.3 Å². The summed E-state index contributed by atoms with van der Waals surface area (Å²) in [6, 6.07) is 1.67. The quantitative estimate of drug-likeness (QED) is 0.920. The van der Waals surface area contributed by atoms with Crippen molar-refractivity contribution in [1.82, 2.24) is 15.1 Å². The summed E-state index contributed by atoms with van der Waals surface area (Å²) >= 11 is 0. The molecular weight excluding hydrogens is 271 g/mol. The number of ketones is 1. The van der Waals surface area contributed by atoms with Crippen molar-refractivity contribution in [1.29, 1.82) is 0 Å². The van der Waals surface area contributed by atoms with E-state index in [9.17, 15) is 18.0 Å². The van der Waals surface area contributed by atoms with Crippen molar-refractivity contribution in [3.8, 4) is 0 Å². The van der Waals surface area contributed by atoms with Crippen molar-refractivity contribution in [2.75, 3.05) is 13.1 Å². The minimum atomic E-state index is -4.51. The van der Waals surface area contributed by atoms with Gasteiger partial charge in [-0.1, -0.05) is 0 Å². The number of nitrogens with zero attached hydrogens (tertiary/aromatic N) is 2. The van der Waals surface area contributed by atoms with Crippen LogP contribution in [0.5, 0.6) is 0 Å². The van der Waals surface area contributed by atoms with E-state index in [0.717, 1.165) is 0 Å². The number of hydrogen-bond donors (Lipinski definition) is 1. The Morgan fingerprint density at radius 2 is 2.25 bits per heavy atom. The van der Waals surface area contributed by atoms with E-state index in [-0.39, 0.29) is 25.9 Å². The first kappa shape index (κ1) is 15.0. The Morgan fingerprint density at radius 3 is 2.75 bits per heavy atom. The molecule has 1 aliphatic heterocycles. The molecule has 1 fully saturated rings. The minimum Gasteiger partial charge on any atom is -0.315 e. The Bertz CT molecular complexity index is 501. The molecule has 4 nitrogen and oxygen atoms in total. The fraction of sp³-hybridized carbons (Fsp3) is 0.692. The molecule has 1 aromatic rings. The van der Waals surface area contributed by atoms with Crippen LogP contribution in [0.4, 0.5) is 13.2 Å². The largest absolute Gasteiger partial charge is 0.402 e. The highest BCUT2D eigenvalue weighted by Gasteiger charge is 2.60. The van der Waals surface area contributed by atoms with Crippen LogP contribution in [0.3, 0.4) is 0 Å². The average molecular weight is 289 g/mol. The summed E-state index contributed by atoms with van der Waals surface area (Å²) in [5.41, 5.74) is -0.991. The highest BCUT2D eigenvalue weighted by Crippen LogP contribution is 2.44. The van der Waals surface area contributed by atoms with Crippen molar-refractivity contribution >= 4 is 5.78 Å². The molecule has 7 heteroatoms. The van der Waals surface area contributed by atoms with Gasteiger partial charge < -0.3 is 5.32 Å². The normalized spacial score (nSPS) is 23.2. The molecular formula is C13H18F3N3O. The van der Waals surface area contributed by atoms with Gasteiger partial charge in [0.15, 0.2) is 5.78 Å². The predicted molar refractivity (Wildman–Crippen MR) is 67.3 cm³/mol. The lowest BCUT2D eigenvalue weighted by Gasteiger charge is -2.29. The molecule has 20 heavy (non-hydrogen) atoms. The van der Waals surface area contributed by atoms with Crippen LogP contribution in [0.25, 0.3) is 0 Å². The van der Waals surface area contributed by atoms with Crippen molar-refractivity contribution in [3.05, 3.63) is 17.5 Å². The van der Waals surface area contributed by atoms with Gasteiger partial charge in [0.1, 0.15) is 5.41 Å². The fourth-order valence-corrected chi connectivity index (χ4v) is 2.68. The van der Waals surface area contributed by atoms with Gasteiger partial charge in [-0.3, -0.25) is 9.48 Å². The molecule has 1 aliphatic rings. The van der Waals surface area contributed by atoms with E-state index in [4.69, 9.17) is 0 Å². The first-order chi connectivity index (χ1) is 9.30. The van der Waals surface area contributed by atoms with Gasteiger partial charge in [0, 0.05) is 25.2 Å². The molecule has 2 heterocycles. The third kappa shape index (κ3) is 2.46. The zero-order valence-electron chi connectivity index (χ0n) is 11.5. The van der Waals surface area contributed by atoms with Crippen LogP contribution in [0.15, 0.2) is 6.07 Å². The first-order valence-electron chi connectivity index (χ1n) is 6.64. The molecule has 0 spiro atoms. The molecule has 0 radical (unpaired) electrons. The summed E-state index contributed by atoms with van der Waals surface area (Å²) in [4.78, 5) is 12.3. The summed E-state index contributed by atoms with van der Waals surface area (Å²) in [5.74, 6) is -0.774. The number of Topliss-reactive ketones (excluding diaryl/α,β-unsaturated/α-hetero) is 1. The van der Waals surface area contributed by atoms with Crippen molar-refractivity contribution in [3.63, 3.8) is 0 Å². The van der Waals surface area contributed by atoms with Crippen LogP contribution in [0.1, 0.15) is 24.7 Å². The van der Waals surface area contributed by atoms with Gasteiger partial charge in [-0.2, -0.15) is 18.3 Å². The van der Waals surface area contributed by atoms with E-state index in [1.165, 1.54) is 0 Å². The number of rotatable bonds is 4. The molecule has 1 N–H and O–H groups in total. The molecule has 1 saturated heterocycles. The lowest BCUT2D eigenvalue weighted by Crippen LogP contribution is -2.47. The molecule has 0 amide bonds. The van der Waals surface area contributed by atoms with E-state index in [2.05, 4.69) is 10.4 Å². The van der Waals surface area contributed by atoms with Crippen molar-refractivity contribution in [2.45, 2.75) is 39.4 Å². The van der Waals surface area contributed by atoms with E-state index in [0.29, 0.717) is 17.9 Å². The monoisotopic (exact) mass is 289 g/mol. The summed E-state index contributed by atoms with van der Waals surface area (Å²) in [7, 11) is 0. The smallest absolute Gasteiger partial charge is 0.315 e. The third-order valence-corrected chi connectivity index (χ3v) is 3.86. The van der Waals surface area contributed by atoms with Gasteiger partial charge in [0.05, 0.1) is 5.69 Å². The number of carbonyl (C=O) groups excluding carboxylic acids is 1. The molecule has 1 atom stereocenters. The van der Waals surface area contributed by atoms with Crippen LogP contribution in [-0.4, -0.2) is 34.8 Å². The fourth-order valence-electron chi connectivity index (χ4n) is 2.68. The summed E-state index contributed by atoms with van der Waals surface area (Å²) < 4.78 is 41.4. The Hall–Kier alpha value is -1.37. The second-order valence-corrected chi connectivity index (χ2v) is 5.20. The maximum absolute atomic E-state index is 13.3. The topological polar surface area (TPSA) is 46.9 Å². The number of aryl methyl sites for hydroxylation is 2. The average Bonchev–Trinajstić information content (AvgIpc) is 2.95. The van der Waals surface area contributed by atoms with E-state index >= 15 is 0 Å². The third-order valence-electron chi connectivity index (χ3n) is 3.86. The molecule has 0 aromatic carbocycles. The summed E-state index contributed by atoms with van der Waals surface area (Å²) in [6.07, 6.45) is -4.93. The molecule has 0 bridgehead atoms. The number of carbonyl (C=O) groups is 1. The number of hydrogen-bond acceptors (Lipinski definition) is 3. The SMILES string of the molecule is CCn1nc(C)cc1CC(=O)C1(C(F)(F)F)CCNC1. The Balaban J connectivity index is 2.26. The number of aromatic nitrogens is 2. The molecule has 1 aromatic heterocycles. The van der Waals surface area contributed by atoms with E-state index < -0.39 is 17.4 Å². The lowest BCUT2D eigenvalue weighted by atomic mass is 9.80. The Kier molecular flexibility index (Phi) is 3.90. The molecule has 112 valence electrons. The minimum absolute atomic E-state index is 0.186. The van der Waals surface area contributed by atoms with Gasteiger partial charge in [-0.05, 0) is 32.9 Å². The number of nitrogens with one attached hydrogen (secondary N) is 1. The zero-order chi connectivity index (χ0) is 15.0. The van der Waals surface area contributed by atoms with Gasteiger partial charge in [0.25, 0.3) is 0 Å². The highest BCUT2D eigenvalue weighted by molar-refractivity contribution is 5.88. The van der Waals surface area contributed by atoms with Crippen molar-refractivity contribution < 1.29 is 18.0 Å². The van der Waals surface area contributed by atoms with Gasteiger partial charge in [0.2, 0.25) is 0 Å². The van der Waals surface area contributed by atoms with E-state index in [1.807, 2.05) is 6.92 Å². The summed E-state index contributed by atoms with van der Waals surface area (Å²) in [5, 5.41) is 6.82. The second kappa shape index (κ2) is 5.20. The Labute approximate surface area is 115 Å². The van der Waals surface area contributed by atoms with Crippen LogP contribution in [0.2, 0.25) is 0 Å². The standard InChI is InChI=1S/C13H18F3N3O/c1-3-19-10(6-9(2)18-19)7-11(20)12(13(14,15)16)4-5-17-8-12/h6,17H,3-5,7-8H2,1-2H3. The highest BCUT2D eigenvalue weighted by atomic mass is 19.4. The van der Waals surface area contributed by atoms with Crippen LogP contribution >= 0.6 is 0 Å². The van der Waals surface area contributed by atoms with Crippen LogP contribution < -0.4 is 5.32 Å². The molecule has 0 aliphatic carbocycles. The maximum Gasteiger partial charge on any atom is 0.402 e.